The Hall–Kier alpha value is -3.84. The predicted octanol–water partition coefficient (Wildman–Crippen LogP) is 6.24. The number of thiocarbonyl (C=S) groups is 1. The lowest BCUT2D eigenvalue weighted by atomic mass is 10.0. The zero-order valence-corrected chi connectivity index (χ0v) is 21.5. The van der Waals surface area contributed by atoms with Crippen molar-refractivity contribution in [3.63, 3.8) is 0 Å². The lowest BCUT2D eigenvalue weighted by Crippen LogP contribution is -2.30. The van der Waals surface area contributed by atoms with Gasteiger partial charge in [0.2, 0.25) is 0 Å². The summed E-state index contributed by atoms with van der Waals surface area (Å²) in [6, 6.07) is 26.2. The Kier molecular flexibility index (Phi) is 6.91. The number of nitrogens with one attached hydrogen (secondary N) is 1. The van der Waals surface area contributed by atoms with E-state index in [9.17, 15) is 0 Å². The van der Waals surface area contributed by atoms with Crippen molar-refractivity contribution in [2.75, 3.05) is 11.5 Å². The lowest BCUT2D eigenvalue weighted by molar-refractivity contribution is 0.242. The molecule has 0 amide bonds. The standard InChI is InChI=1S/C29H30N4O2S/c1-4-34-23-14-10-21(11-15-23)32-19-7-9-26(32)28-27(25-8-5-6-18-30-25)31-29(36)33(28)22-12-16-24(17-13-22)35-20(2)3/h5-20,27-28H,4H2,1-3H3,(H,31,36)/t27-,28+/m0/s1. The van der Waals surface area contributed by atoms with Gasteiger partial charge in [-0.1, -0.05) is 6.07 Å². The van der Waals surface area contributed by atoms with Gasteiger partial charge in [0.05, 0.1) is 24.4 Å². The van der Waals surface area contributed by atoms with Crippen LogP contribution in [0.1, 0.15) is 44.2 Å². The third-order valence-electron chi connectivity index (χ3n) is 6.09. The van der Waals surface area contributed by atoms with Crippen LogP contribution in [0.5, 0.6) is 11.5 Å². The topological polar surface area (TPSA) is 51.5 Å². The largest absolute Gasteiger partial charge is 0.494 e. The fourth-order valence-electron chi connectivity index (χ4n) is 4.63. The monoisotopic (exact) mass is 498 g/mol. The number of pyridine rings is 1. The molecule has 5 rings (SSSR count). The first kappa shape index (κ1) is 23.9. The lowest BCUT2D eigenvalue weighted by Gasteiger charge is -2.29. The Morgan fingerprint density at radius 3 is 2.31 bits per heavy atom. The van der Waals surface area contributed by atoms with Crippen LogP contribution in [-0.2, 0) is 0 Å². The Morgan fingerprint density at radius 1 is 0.917 bits per heavy atom. The highest BCUT2D eigenvalue weighted by Gasteiger charge is 2.42. The van der Waals surface area contributed by atoms with Gasteiger partial charge in [0, 0.05) is 29.5 Å². The molecule has 0 spiro atoms. The maximum Gasteiger partial charge on any atom is 0.174 e. The van der Waals surface area contributed by atoms with Crippen molar-refractivity contribution >= 4 is 23.0 Å². The van der Waals surface area contributed by atoms with Crippen molar-refractivity contribution in [2.45, 2.75) is 39.0 Å². The van der Waals surface area contributed by atoms with Crippen LogP contribution in [0.2, 0.25) is 0 Å². The molecule has 7 heteroatoms. The second-order valence-corrected chi connectivity index (χ2v) is 9.27. The van der Waals surface area contributed by atoms with E-state index in [1.165, 1.54) is 0 Å². The Labute approximate surface area is 217 Å². The van der Waals surface area contributed by atoms with Crippen LogP contribution in [0.25, 0.3) is 5.69 Å². The van der Waals surface area contributed by atoms with Gasteiger partial charge in [0.1, 0.15) is 17.5 Å². The van der Waals surface area contributed by atoms with Gasteiger partial charge in [-0.3, -0.25) is 4.98 Å². The SMILES string of the molecule is CCOc1ccc(-n2cccc2[C@@H]2[C@H](c3ccccn3)NC(=S)N2c2ccc(OC(C)C)cc2)cc1. The van der Waals surface area contributed by atoms with Gasteiger partial charge >= 0.3 is 0 Å². The molecular formula is C29H30N4O2S. The Balaban J connectivity index is 1.57. The van der Waals surface area contributed by atoms with Gasteiger partial charge in [0.15, 0.2) is 5.11 Å². The molecular weight excluding hydrogens is 468 g/mol. The zero-order chi connectivity index (χ0) is 25.1. The van der Waals surface area contributed by atoms with Crippen molar-refractivity contribution in [3.05, 3.63) is 103 Å². The minimum Gasteiger partial charge on any atom is -0.494 e. The normalized spacial score (nSPS) is 17.3. The maximum absolute atomic E-state index is 5.89. The minimum atomic E-state index is -0.123. The molecule has 2 atom stereocenters. The van der Waals surface area contributed by atoms with Crippen molar-refractivity contribution in [3.8, 4) is 17.2 Å². The van der Waals surface area contributed by atoms with E-state index in [0.717, 1.165) is 34.3 Å². The summed E-state index contributed by atoms with van der Waals surface area (Å²) in [6.45, 7) is 6.68. The van der Waals surface area contributed by atoms with Gasteiger partial charge in [0.25, 0.3) is 0 Å². The highest BCUT2D eigenvalue weighted by molar-refractivity contribution is 7.80. The molecule has 0 aliphatic carbocycles. The number of hydrogen-bond acceptors (Lipinski definition) is 4. The number of nitrogens with zero attached hydrogens (tertiary/aromatic N) is 3. The minimum absolute atomic E-state index is 0.115. The van der Waals surface area contributed by atoms with Crippen LogP contribution in [0.3, 0.4) is 0 Å². The quantitative estimate of drug-likeness (QED) is 0.291. The molecule has 1 aliphatic rings. The zero-order valence-electron chi connectivity index (χ0n) is 20.7. The van der Waals surface area contributed by atoms with E-state index in [-0.39, 0.29) is 18.2 Å². The molecule has 6 nitrogen and oxygen atoms in total. The average Bonchev–Trinajstić information content (AvgIpc) is 3.50. The molecule has 2 aromatic carbocycles. The second kappa shape index (κ2) is 10.4. The number of benzene rings is 2. The molecule has 0 unspecified atom stereocenters. The molecule has 36 heavy (non-hydrogen) atoms. The van der Waals surface area contributed by atoms with Crippen molar-refractivity contribution < 1.29 is 9.47 Å². The molecule has 0 bridgehead atoms. The van der Waals surface area contributed by atoms with E-state index in [1.54, 1.807) is 0 Å². The summed E-state index contributed by atoms with van der Waals surface area (Å²) in [6.07, 6.45) is 4.02. The number of anilines is 1. The highest BCUT2D eigenvalue weighted by Crippen LogP contribution is 2.42. The first-order valence-corrected chi connectivity index (χ1v) is 12.6. The summed E-state index contributed by atoms with van der Waals surface area (Å²) < 4.78 is 13.7. The van der Waals surface area contributed by atoms with E-state index in [2.05, 4.69) is 62.4 Å². The van der Waals surface area contributed by atoms with E-state index >= 15 is 0 Å². The van der Waals surface area contributed by atoms with Crippen LogP contribution in [0.15, 0.2) is 91.3 Å². The predicted molar refractivity (Wildman–Crippen MR) is 147 cm³/mol. The third-order valence-corrected chi connectivity index (χ3v) is 6.41. The molecule has 2 aromatic heterocycles. The molecule has 4 aromatic rings. The van der Waals surface area contributed by atoms with Crippen LogP contribution in [-0.4, -0.2) is 27.4 Å². The fraction of sp³-hybridized carbons (Fsp3) is 0.241. The van der Waals surface area contributed by atoms with E-state index < -0.39 is 0 Å². The van der Waals surface area contributed by atoms with Gasteiger partial charge in [-0.15, -0.1) is 0 Å². The van der Waals surface area contributed by atoms with Gasteiger partial charge in [-0.25, -0.2) is 0 Å². The van der Waals surface area contributed by atoms with Crippen LogP contribution in [0, 0.1) is 0 Å². The van der Waals surface area contributed by atoms with E-state index in [4.69, 9.17) is 21.7 Å². The van der Waals surface area contributed by atoms with Crippen molar-refractivity contribution in [2.24, 2.45) is 0 Å². The van der Waals surface area contributed by atoms with Gasteiger partial charge < -0.3 is 24.3 Å². The summed E-state index contributed by atoms with van der Waals surface area (Å²) in [7, 11) is 0. The number of aromatic nitrogens is 2. The van der Waals surface area contributed by atoms with Crippen LogP contribution >= 0.6 is 12.2 Å². The summed E-state index contributed by atoms with van der Waals surface area (Å²) in [4.78, 5) is 6.84. The Morgan fingerprint density at radius 2 is 1.64 bits per heavy atom. The summed E-state index contributed by atoms with van der Waals surface area (Å²) in [5.41, 5.74) is 4.08. The molecule has 1 aliphatic heterocycles. The van der Waals surface area contributed by atoms with E-state index in [1.807, 2.05) is 69.4 Å². The summed E-state index contributed by atoms with van der Waals surface area (Å²) in [5, 5.41) is 4.20. The third kappa shape index (κ3) is 4.79. The molecule has 1 fully saturated rings. The highest BCUT2D eigenvalue weighted by atomic mass is 32.1. The average molecular weight is 499 g/mol. The van der Waals surface area contributed by atoms with E-state index in [0.29, 0.717) is 11.7 Å². The smallest absolute Gasteiger partial charge is 0.174 e. The van der Waals surface area contributed by atoms with Crippen LogP contribution < -0.4 is 19.7 Å². The molecule has 1 saturated heterocycles. The van der Waals surface area contributed by atoms with Crippen molar-refractivity contribution in [1.29, 1.82) is 0 Å². The maximum atomic E-state index is 5.89. The second-order valence-electron chi connectivity index (χ2n) is 8.89. The van der Waals surface area contributed by atoms with Crippen molar-refractivity contribution in [1.82, 2.24) is 14.9 Å². The molecule has 3 heterocycles. The van der Waals surface area contributed by atoms with Gasteiger partial charge in [-0.2, -0.15) is 0 Å². The van der Waals surface area contributed by atoms with Crippen LogP contribution in [0.4, 0.5) is 5.69 Å². The summed E-state index contributed by atoms with van der Waals surface area (Å²) in [5.74, 6) is 1.69. The molecule has 0 radical (unpaired) electrons. The number of ether oxygens (including phenoxy) is 2. The fourth-order valence-corrected chi connectivity index (χ4v) is 4.98. The first-order valence-electron chi connectivity index (χ1n) is 12.2. The molecule has 0 saturated carbocycles. The molecule has 184 valence electrons. The number of hydrogen-bond donors (Lipinski definition) is 1. The van der Waals surface area contributed by atoms with Gasteiger partial charge in [-0.05, 0) is 106 Å². The number of rotatable bonds is 8. The molecule has 1 N–H and O–H groups in total. The first-order chi connectivity index (χ1) is 17.5. The Bertz CT molecular complexity index is 1300. The summed E-state index contributed by atoms with van der Waals surface area (Å²) >= 11 is 5.89.